The van der Waals surface area contributed by atoms with E-state index in [0.29, 0.717) is 11.4 Å². The van der Waals surface area contributed by atoms with Gasteiger partial charge in [0.05, 0.1) is 6.42 Å². The molecule has 0 aliphatic carbocycles. The molecule has 2 N–H and O–H groups in total. The standard InChI is InChI=1S/C19H26ClNO6/c1-4-5-17(24)26-18(12(2)3)27-19(25)21-11-14(10-16(22)23)13-6-8-15(20)9-7-13/h6-9,12,14,18H,4-5,10-11H2,1-3H3,(H,21,25)(H,22,23)/t14-,18+/m0/s1. The summed E-state index contributed by atoms with van der Waals surface area (Å²) in [6, 6.07) is 6.75. The maximum atomic E-state index is 12.1. The zero-order valence-electron chi connectivity index (χ0n) is 15.7. The highest BCUT2D eigenvalue weighted by molar-refractivity contribution is 6.30. The molecular weight excluding hydrogens is 374 g/mol. The van der Waals surface area contributed by atoms with Crippen molar-refractivity contribution in [2.75, 3.05) is 6.54 Å². The van der Waals surface area contributed by atoms with Crippen LogP contribution in [0, 0.1) is 5.92 Å². The van der Waals surface area contributed by atoms with E-state index in [9.17, 15) is 14.4 Å². The van der Waals surface area contributed by atoms with Gasteiger partial charge in [-0.25, -0.2) is 4.79 Å². The summed E-state index contributed by atoms with van der Waals surface area (Å²) >= 11 is 5.85. The number of hydrogen-bond donors (Lipinski definition) is 2. The number of hydrogen-bond acceptors (Lipinski definition) is 5. The Labute approximate surface area is 164 Å². The van der Waals surface area contributed by atoms with Gasteiger partial charge in [-0.05, 0) is 24.1 Å². The van der Waals surface area contributed by atoms with Gasteiger partial charge in [-0.15, -0.1) is 0 Å². The summed E-state index contributed by atoms with van der Waals surface area (Å²) in [5.41, 5.74) is 0.733. The molecule has 0 saturated heterocycles. The molecule has 150 valence electrons. The number of ether oxygens (including phenoxy) is 2. The molecule has 27 heavy (non-hydrogen) atoms. The number of benzene rings is 1. The summed E-state index contributed by atoms with van der Waals surface area (Å²) < 4.78 is 10.3. The molecule has 2 atom stereocenters. The normalized spacial score (nSPS) is 12.9. The van der Waals surface area contributed by atoms with Gasteiger partial charge in [-0.1, -0.05) is 44.5 Å². The number of alkyl carbamates (subject to hydrolysis) is 1. The predicted molar refractivity (Wildman–Crippen MR) is 101 cm³/mol. The first kappa shape index (κ1) is 22.8. The molecule has 1 amide bonds. The lowest BCUT2D eigenvalue weighted by Crippen LogP contribution is -2.36. The fourth-order valence-electron chi connectivity index (χ4n) is 2.30. The number of halogens is 1. The summed E-state index contributed by atoms with van der Waals surface area (Å²) in [7, 11) is 0. The van der Waals surface area contributed by atoms with Crippen LogP contribution >= 0.6 is 11.6 Å². The molecule has 0 unspecified atom stereocenters. The van der Waals surface area contributed by atoms with Gasteiger partial charge in [0.15, 0.2) is 0 Å². The third kappa shape index (κ3) is 8.77. The lowest BCUT2D eigenvalue weighted by Gasteiger charge is -2.22. The quantitative estimate of drug-likeness (QED) is 0.456. The predicted octanol–water partition coefficient (Wildman–Crippen LogP) is 3.95. The van der Waals surface area contributed by atoms with E-state index in [0.717, 1.165) is 5.56 Å². The summed E-state index contributed by atoms with van der Waals surface area (Å²) in [6.45, 7) is 5.43. The van der Waals surface area contributed by atoms with Gasteiger partial charge in [0.2, 0.25) is 0 Å². The zero-order valence-corrected chi connectivity index (χ0v) is 16.5. The molecule has 0 aliphatic heterocycles. The van der Waals surface area contributed by atoms with Crippen LogP contribution in [0.5, 0.6) is 0 Å². The van der Waals surface area contributed by atoms with Crippen molar-refractivity contribution < 1.29 is 29.0 Å². The molecule has 0 fully saturated rings. The van der Waals surface area contributed by atoms with Crippen molar-refractivity contribution in [2.45, 2.75) is 52.2 Å². The maximum Gasteiger partial charge on any atom is 0.410 e. The number of nitrogens with one attached hydrogen (secondary N) is 1. The van der Waals surface area contributed by atoms with Gasteiger partial charge >= 0.3 is 18.0 Å². The van der Waals surface area contributed by atoms with Crippen molar-refractivity contribution in [3.63, 3.8) is 0 Å². The maximum absolute atomic E-state index is 12.1. The van der Waals surface area contributed by atoms with E-state index in [2.05, 4.69) is 5.32 Å². The van der Waals surface area contributed by atoms with E-state index in [-0.39, 0.29) is 25.3 Å². The largest absolute Gasteiger partial charge is 0.481 e. The molecule has 1 aromatic rings. The molecule has 8 heteroatoms. The molecule has 0 radical (unpaired) electrons. The second-order valence-corrected chi connectivity index (χ2v) is 6.92. The minimum atomic E-state index is -1.00. The second-order valence-electron chi connectivity index (χ2n) is 6.48. The van der Waals surface area contributed by atoms with Crippen LogP contribution in [0.1, 0.15) is 51.5 Å². The van der Waals surface area contributed by atoms with Gasteiger partial charge < -0.3 is 19.9 Å². The van der Waals surface area contributed by atoms with Crippen LogP contribution in [0.25, 0.3) is 0 Å². The number of esters is 1. The summed E-state index contributed by atoms with van der Waals surface area (Å²) in [5.74, 6) is -2.09. The van der Waals surface area contributed by atoms with Crippen molar-refractivity contribution in [3.8, 4) is 0 Å². The number of carboxylic acid groups (broad SMARTS) is 1. The summed E-state index contributed by atoms with van der Waals surface area (Å²) in [4.78, 5) is 34.8. The van der Waals surface area contributed by atoms with Gasteiger partial charge in [-0.2, -0.15) is 0 Å². The second kappa shape index (κ2) is 11.4. The van der Waals surface area contributed by atoms with E-state index in [1.165, 1.54) is 0 Å². The van der Waals surface area contributed by atoms with Crippen LogP contribution in [0.4, 0.5) is 4.79 Å². The Morgan fingerprint density at radius 1 is 1.15 bits per heavy atom. The van der Waals surface area contributed by atoms with E-state index in [4.69, 9.17) is 26.2 Å². The third-order valence-corrected chi connectivity index (χ3v) is 3.98. The average Bonchev–Trinajstić information content (AvgIpc) is 2.58. The van der Waals surface area contributed by atoms with Crippen LogP contribution in [0.15, 0.2) is 24.3 Å². The SMILES string of the molecule is CCCC(=O)O[C@H](OC(=O)NC[C@H](CC(=O)O)c1ccc(Cl)cc1)C(C)C. The van der Waals surface area contributed by atoms with Crippen LogP contribution in [0.3, 0.4) is 0 Å². The smallest absolute Gasteiger partial charge is 0.410 e. The van der Waals surface area contributed by atoms with Crippen LogP contribution in [-0.2, 0) is 19.1 Å². The lowest BCUT2D eigenvalue weighted by atomic mass is 9.96. The molecule has 1 aromatic carbocycles. The Balaban J connectivity index is 2.67. The first-order valence-corrected chi connectivity index (χ1v) is 9.21. The average molecular weight is 400 g/mol. The number of rotatable bonds is 10. The molecule has 0 aliphatic rings. The molecule has 0 bridgehead atoms. The van der Waals surface area contributed by atoms with Gasteiger partial charge in [-0.3, -0.25) is 9.59 Å². The third-order valence-electron chi connectivity index (χ3n) is 3.72. The minimum Gasteiger partial charge on any atom is -0.481 e. The van der Waals surface area contributed by atoms with Gasteiger partial charge in [0.25, 0.3) is 6.29 Å². The van der Waals surface area contributed by atoms with Crippen molar-refractivity contribution in [1.82, 2.24) is 5.32 Å². The number of carbonyl (C=O) groups is 3. The minimum absolute atomic E-state index is 0.0560. The van der Waals surface area contributed by atoms with Crippen molar-refractivity contribution in [2.24, 2.45) is 5.92 Å². The number of carbonyl (C=O) groups excluding carboxylic acids is 2. The van der Waals surface area contributed by atoms with E-state index >= 15 is 0 Å². The van der Waals surface area contributed by atoms with Crippen molar-refractivity contribution in [3.05, 3.63) is 34.9 Å². The van der Waals surface area contributed by atoms with Crippen molar-refractivity contribution in [1.29, 1.82) is 0 Å². The highest BCUT2D eigenvalue weighted by atomic mass is 35.5. The fourth-order valence-corrected chi connectivity index (χ4v) is 2.42. The lowest BCUT2D eigenvalue weighted by molar-refractivity contribution is -0.175. The number of amides is 1. The Morgan fingerprint density at radius 3 is 2.30 bits per heavy atom. The highest BCUT2D eigenvalue weighted by Crippen LogP contribution is 2.21. The molecular formula is C19H26ClNO6. The first-order chi connectivity index (χ1) is 12.7. The van der Waals surface area contributed by atoms with Crippen molar-refractivity contribution >= 4 is 29.6 Å². The Kier molecular flexibility index (Phi) is 9.64. The van der Waals surface area contributed by atoms with E-state index in [1.54, 1.807) is 38.1 Å². The number of aliphatic carboxylic acids is 1. The summed E-state index contributed by atoms with van der Waals surface area (Å²) in [6.07, 6.45) is -1.07. The number of carboxylic acids is 1. The molecule has 0 spiro atoms. The van der Waals surface area contributed by atoms with E-state index < -0.39 is 30.2 Å². The molecule has 0 saturated carbocycles. The van der Waals surface area contributed by atoms with Crippen LogP contribution < -0.4 is 5.32 Å². The Morgan fingerprint density at radius 2 is 1.78 bits per heavy atom. The van der Waals surface area contributed by atoms with Crippen LogP contribution in [0.2, 0.25) is 5.02 Å². The first-order valence-electron chi connectivity index (χ1n) is 8.84. The van der Waals surface area contributed by atoms with Crippen LogP contribution in [-0.4, -0.2) is 36.0 Å². The molecule has 0 aromatic heterocycles. The monoisotopic (exact) mass is 399 g/mol. The van der Waals surface area contributed by atoms with E-state index in [1.807, 2.05) is 6.92 Å². The van der Waals surface area contributed by atoms with Gasteiger partial charge in [0.1, 0.15) is 0 Å². The Bertz CT molecular complexity index is 632. The molecule has 0 heterocycles. The van der Waals surface area contributed by atoms with Gasteiger partial charge in [0, 0.05) is 29.8 Å². The Hall–Kier alpha value is -2.28. The topological polar surface area (TPSA) is 102 Å². The highest BCUT2D eigenvalue weighted by Gasteiger charge is 2.23. The zero-order chi connectivity index (χ0) is 20.4. The fraction of sp³-hybridized carbons (Fsp3) is 0.526. The molecule has 7 nitrogen and oxygen atoms in total. The molecule has 1 rings (SSSR count). The summed E-state index contributed by atoms with van der Waals surface area (Å²) in [5, 5.41) is 12.2.